The second kappa shape index (κ2) is 11.8. The number of nitrogens with zero attached hydrogens (tertiary/aromatic N) is 5. The van der Waals surface area contributed by atoms with Crippen molar-refractivity contribution in [1.29, 1.82) is 0 Å². The van der Waals surface area contributed by atoms with E-state index in [1.165, 1.54) is 50.4 Å². The van der Waals surface area contributed by atoms with Crippen LogP contribution in [-0.4, -0.2) is 69.5 Å². The number of ether oxygens (including phenoxy) is 2. The number of carbonyl (C=O) groups is 2. The molecule has 1 aromatic carbocycles. The molecule has 3 aromatic rings. The molecular weight excluding hydrogens is 478 g/mol. The first-order valence-corrected chi connectivity index (χ1v) is 12.2. The number of piperidine rings is 1. The number of hydrogen-bond acceptors (Lipinski definition) is 10. The first kappa shape index (κ1) is 26.0. The van der Waals surface area contributed by atoms with E-state index < -0.39 is 11.5 Å². The summed E-state index contributed by atoms with van der Waals surface area (Å²) < 4.78 is 12.5. The average Bonchev–Trinajstić information content (AvgIpc) is 2.91. The van der Waals surface area contributed by atoms with Crippen molar-refractivity contribution in [2.75, 3.05) is 44.4 Å². The van der Waals surface area contributed by atoms with Gasteiger partial charge < -0.3 is 20.1 Å². The van der Waals surface area contributed by atoms with Gasteiger partial charge in [0.15, 0.2) is 17.3 Å². The fraction of sp³-hybridized carbons (Fsp3) is 0.440. The zero-order valence-electron chi connectivity index (χ0n) is 21.0. The molecule has 1 fully saturated rings. The van der Waals surface area contributed by atoms with Gasteiger partial charge in [-0.15, -0.1) is 0 Å². The molecule has 0 unspecified atom stereocenters. The number of fused-ring (bicyclic) bond motifs is 1. The quantitative estimate of drug-likeness (QED) is 0.413. The molecule has 1 aliphatic heterocycles. The zero-order chi connectivity index (χ0) is 26.4. The van der Waals surface area contributed by atoms with Gasteiger partial charge in [-0.05, 0) is 51.0 Å². The van der Waals surface area contributed by atoms with E-state index in [1.54, 1.807) is 12.1 Å². The lowest BCUT2D eigenvalue weighted by atomic mass is 10.1. The number of nitrogens with one attached hydrogen (secondary N) is 1. The molecular formula is C25H31N7O5. The van der Waals surface area contributed by atoms with Crippen LogP contribution in [0.5, 0.6) is 11.5 Å². The van der Waals surface area contributed by atoms with Crippen molar-refractivity contribution in [3.05, 3.63) is 40.4 Å². The van der Waals surface area contributed by atoms with E-state index in [0.717, 1.165) is 26.1 Å². The monoisotopic (exact) mass is 509 g/mol. The molecule has 196 valence electrons. The Morgan fingerprint density at radius 3 is 2.57 bits per heavy atom. The first-order chi connectivity index (χ1) is 17.9. The number of ketones is 1. The molecule has 0 bridgehead atoms. The van der Waals surface area contributed by atoms with Crippen molar-refractivity contribution >= 4 is 34.5 Å². The van der Waals surface area contributed by atoms with Crippen LogP contribution >= 0.6 is 0 Å². The molecule has 12 nitrogen and oxygen atoms in total. The minimum atomic E-state index is -0.566. The zero-order valence-corrected chi connectivity index (χ0v) is 21.0. The number of amides is 1. The highest BCUT2D eigenvalue weighted by molar-refractivity contribution is 6.03. The van der Waals surface area contributed by atoms with E-state index >= 15 is 0 Å². The second-order valence-corrected chi connectivity index (χ2v) is 8.91. The van der Waals surface area contributed by atoms with Gasteiger partial charge in [0, 0.05) is 25.9 Å². The topological polar surface area (TPSA) is 155 Å². The summed E-state index contributed by atoms with van der Waals surface area (Å²) in [5.74, 6) is -0.0841. The summed E-state index contributed by atoms with van der Waals surface area (Å²) in [5, 5.41) is 2.86. The van der Waals surface area contributed by atoms with Gasteiger partial charge in [0.1, 0.15) is 12.1 Å². The van der Waals surface area contributed by atoms with Crippen LogP contribution in [-0.2, 0) is 11.8 Å². The van der Waals surface area contributed by atoms with Gasteiger partial charge in [0.05, 0.1) is 18.1 Å². The lowest BCUT2D eigenvalue weighted by molar-refractivity contribution is -0.121. The Labute approximate surface area is 213 Å². The maximum absolute atomic E-state index is 13.0. The van der Waals surface area contributed by atoms with Crippen LogP contribution in [0.1, 0.15) is 42.5 Å². The van der Waals surface area contributed by atoms with E-state index in [4.69, 9.17) is 15.2 Å². The van der Waals surface area contributed by atoms with Gasteiger partial charge in [0.25, 0.3) is 11.5 Å². The van der Waals surface area contributed by atoms with Crippen molar-refractivity contribution in [2.24, 2.45) is 7.05 Å². The third kappa shape index (κ3) is 6.20. The molecule has 4 rings (SSSR count). The number of anilines is 2. The van der Waals surface area contributed by atoms with Crippen LogP contribution in [0.3, 0.4) is 0 Å². The molecule has 12 heteroatoms. The van der Waals surface area contributed by atoms with Gasteiger partial charge in [-0.2, -0.15) is 0 Å². The fourth-order valence-electron chi connectivity index (χ4n) is 4.26. The maximum Gasteiger partial charge on any atom is 0.262 e. The predicted octanol–water partition coefficient (Wildman–Crippen LogP) is 1.78. The van der Waals surface area contributed by atoms with E-state index in [9.17, 15) is 14.4 Å². The number of nitrogens with two attached hydrogens (primary N) is 1. The number of aromatic nitrogens is 4. The number of methoxy groups -OCH3 is 1. The van der Waals surface area contributed by atoms with Crippen LogP contribution < -0.4 is 26.1 Å². The molecule has 37 heavy (non-hydrogen) atoms. The van der Waals surface area contributed by atoms with Crippen molar-refractivity contribution in [3.8, 4) is 11.5 Å². The summed E-state index contributed by atoms with van der Waals surface area (Å²) >= 11 is 0. The normalized spacial score (nSPS) is 13.9. The number of hydrogen-bond donors (Lipinski definition) is 2. The van der Waals surface area contributed by atoms with Crippen LogP contribution in [0.4, 0.5) is 11.9 Å². The number of Topliss-reactive ketones (excluding diaryl/α,β-unsaturated/α-hetero) is 1. The smallest absolute Gasteiger partial charge is 0.262 e. The summed E-state index contributed by atoms with van der Waals surface area (Å²) in [6.45, 7) is 2.99. The van der Waals surface area contributed by atoms with E-state index in [2.05, 4.69) is 25.2 Å². The van der Waals surface area contributed by atoms with Crippen molar-refractivity contribution in [3.63, 3.8) is 0 Å². The summed E-state index contributed by atoms with van der Waals surface area (Å²) in [6, 6.07) is 3.14. The Morgan fingerprint density at radius 1 is 1.14 bits per heavy atom. The highest BCUT2D eigenvalue weighted by Crippen LogP contribution is 2.34. The molecule has 3 N–H and O–H groups in total. The Morgan fingerprint density at radius 2 is 1.86 bits per heavy atom. The van der Waals surface area contributed by atoms with Gasteiger partial charge >= 0.3 is 0 Å². The minimum absolute atomic E-state index is 0.0106. The Hall–Kier alpha value is -4.06. The van der Waals surface area contributed by atoms with Crippen molar-refractivity contribution in [2.45, 2.75) is 32.1 Å². The molecule has 0 atom stereocenters. The molecule has 0 radical (unpaired) electrons. The summed E-state index contributed by atoms with van der Waals surface area (Å²) in [4.78, 5) is 52.5. The summed E-state index contributed by atoms with van der Waals surface area (Å²) in [7, 11) is 2.91. The molecule has 0 saturated carbocycles. The van der Waals surface area contributed by atoms with E-state index in [-0.39, 0.29) is 52.3 Å². The minimum Gasteiger partial charge on any atom is -0.491 e. The van der Waals surface area contributed by atoms with Crippen LogP contribution in [0.25, 0.3) is 10.9 Å². The lowest BCUT2D eigenvalue weighted by Gasteiger charge is -2.26. The maximum atomic E-state index is 13.0. The molecule has 1 amide bonds. The lowest BCUT2D eigenvalue weighted by Crippen LogP contribution is -2.31. The Balaban J connectivity index is 1.48. The van der Waals surface area contributed by atoms with Crippen LogP contribution in [0.2, 0.25) is 0 Å². The molecule has 3 heterocycles. The standard InChI is InChI=1S/C25H31N7O5/c1-31-23(35)18-8-9-19(37-15-17(33)7-6-12-32-10-4-3-5-11-32)21(36-2)20(18)29-25(31)30-22(34)16-13-27-24(26)28-14-16/h8-9,13-14H,3-7,10-12,15H2,1-2H3,(H2,26,27,28)(H,29,30,34). The Bertz CT molecular complexity index is 1330. The average molecular weight is 510 g/mol. The number of carbonyl (C=O) groups excluding carboxylic acids is 2. The van der Waals surface area contributed by atoms with E-state index in [1.807, 2.05) is 0 Å². The third-order valence-corrected chi connectivity index (χ3v) is 6.30. The highest BCUT2D eigenvalue weighted by Gasteiger charge is 2.19. The largest absolute Gasteiger partial charge is 0.491 e. The van der Waals surface area contributed by atoms with Gasteiger partial charge in [0.2, 0.25) is 11.9 Å². The number of nitrogen functional groups attached to an aromatic ring is 1. The molecule has 1 aliphatic rings. The first-order valence-electron chi connectivity index (χ1n) is 12.2. The third-order valence-electron chi connectivity index (χ3n) is 6.30. The van der Waals surface area contributed by atoms with Crippen molar-refractivity contribution in [1.82, 2.24) is 24.4 Å². The van der Waals surface area contributed by atoms with Gasteiger partial charge in [-0.3, -0.25) is 24.3 Å². The summed E-state index contributed by atoms with van der Waals surface area (Å²) in [5.41, 5.74) is 5.42. The number of likely N-dealkylation sites (tertiary alicyclic amines) is 1. The predicted molar refractivity (Wildman–Crippen MR) is 138 cm³/mol. The Kier molecular flexibility index (Phi) is 8.29. The molecule has 0 aliphatic carbocycles. The number of rotatable bonds is 10. The molecule has 1 saturated heterocycles. The molecule has 0 spiro atoms. The fourth-order valence-corrected chi connectivity index (χ4v) is 4.26. The highest BCUT2D eigenvalue weighted by atomic mass is 16.5. The van der Waals surface area contributed by atoms with E-state index in [0.29, 0.717) is 6.42 Å². The number of benzene rings is 1. The van der Waals surface area contributed by atoms with Crippen LogP contribution in [0.15, 0.2) is 29.3 Å². The molecule has 2 aromatic heterocycles. The van der Waals surface area contributed by atoms with Crippen molar-refractivity contribution < 1.29 is 19.1 Å². The SMILES string of the molecule is COc1c(OCC(=O)CCCN2CCCCC2)ccc2c(=O)n(C)c(NC(=O)c3cnc(N)nc3)nc12. The summed E-state index contributed by atoms with van der Waals surface area (Å²) in [6.07, 6.45) is 7.48. The van der Waals surface area contributed by atoms with Gasteiger partial charge in [-0.1, -0.05) is 6.42 Å². The second-order valence-electron chi connectivity index (χ2n) is 8.91. The van der Waals surface area contributed by atoms with Gasteiger partial charge in [-0.25, -0.2) is 15.0 Å². The van der Waals surface area contributed by atoms with Crippen LogP contribution in [0, 0.1) is 0 Å².